The molecule has 118 valence electrons. The number of methoxy groups -OCH3 is 2. The third kappa shape index (κ3) is 4.61. The van der Waals surface area contributed by atoms with Crippen LogP contribution in [0.1, 0.15) is 25.3 Å². The molecule has 1 aliphatic heterocycles. The molecule has 1 aromatic rings. The molecule has 21 heavy (non-hydrogen) atoms. The highest BCUT2D eigenvalue weighted by atomic mass is 16.5. The van der Waals surface area contributed by atoms with Gasteiger partial charge in [-0.2, -0.15) is 0 Å². The van der Waals surface area contributed by atoms with Gasteiger partial charge in [-0.25, -0.2) is 0 Å². The molecule has 0 bridgehead atoms. The number of hydrogen-bond donors (Lipinski definition) is 1. The van der Waals surface area contributed by atoms with E-state index in [-0.39, 0.29) is 0 Å². The Kier molecular flexibility index (Phi) is 6.33. The first-order chi connectivity index (χ1) is 10.3. The van der Waals surface area contributed by atoms with Crippen LogP contribution in [0.3, 0.4) is 0 Å². The van der Waals surface area contributed by atoms with E-state index in [0.717, 1.165) is 37.1 Å². The van der Waals surface area contributed by atoms with E-state index in [2.05, 4.69) is 23.2 Å². The molecule has 0 saturated carbocycles. The van der Waals surface area contributed by atoms with Crippen LogP contribution in [0.2, 0.25) is 0 Å². The van der Waals surface area contributed by atoms with Crippen molar-refractivity contribution < 1.29 is 9.47 Å². The Balaban J connectivity index is 1.88. The molecule has 4 nitrogen and oxygen atoms in total. The van der Waals surface area contributed by atoms with Gasteiger partial charge in [0.1, 0.15) is 11.5 Å². The molecule has 0 aromatic heterocycles. The second-order valence-electron chi connectivity index (χ2n) is 5.77. The van der Waals surface area contributed by atoms with E-state index in [4.69, 9.17) is 9.47 Å². The van der Waals surface area contributed by atoms with E-state index in [1.165, 1.54) is 31.5 Å². The molecule has 1 aliphatic rings. The molecule has 0 amide bonds. The highest BCUT2D eigenvalue weighted by Crippen LogP contribution is 2.27. The van der Waals surface area contributed by atoms with Gasteiger partial charge in [0.2, 0.25) is 0 Å². The van der Waals surface area contributed by atoms with Crippen LogP contribution in [0.15, 0.2) is 18.2 Å². The highest BCUT2D eigenvalue weighted by Gasteiger charge is 2.22. The van der Waals surface area contributed by atoms with Gasteiger partial charge in [0.05, 0.1) is 14.2 Å². The van der Waals surface area contributed by atoms with Gasteiger partial charge in [0.15, 0.2) is 0 Å². The zero-order chi connectivity index (χ0) is 15.1. The number of rotatable bonds is 8. The average molecular weight is 292 g/mol. The first-order valence-electron chi connectivity index (χ1n) is 7.90. The maximum Gasteiger partial charge on any atom is 0.127 e. The van der Waals surface area contributed by atoms with Gasteiger partial charge in [-0.3, -0.25) is 4.90 Å². The Bertz CT molecular complexity index is 437. The van der Waals surface area contributed by atoms with Crippen molar-refractivity contribution in [3.63, 3.8) is 0 Å². The highest BCUT2D eigenvalue weighted by molar-refractivity contribution is 5.40. The first kappa shape index (κ1) is 16.1. The summed E-state index contributed by atoms with van der Waals surface area (Å²) < 4.78 is 10.7. The fraction of sp³-hybridized carbons (Fsp3) is 0.647. The van der Waals surface area contributed by atoms with Crippen LogP contribution in [0.25, 0.3) is 0 Å². The molecule has 1 N–H and O–H groups in total. The lowest BCUT2D eigenvalue weighted by molar-refractivity contribution is 0.305. The van der Waals surface area contributed by atoms with Gasteiger partial charge in [0, 0.05) is 24.7 Å². The van der Waals surface area contributed by atoms with E-state index < -0.39 is 0 Å². The topological polar surface area (TPSA) is 33.7 Å². The van der Waals surface area contributed by atoms with Crippen molar-refractivity contribution in [1.29, 1.82) is 0 Å². The minimum atomic E-state index is 0.779. The summed E-state index contributed by atoms with van der Waals surface area (Å²) >= 11 is 0. The summed E-state index contributed by atoms with van der Waals surface area (Å²) in [7, 11) is 3.41. The van der Waals surface area contributed by atoms with Gasteiger partial charge in [-0.1, -0.05) is 13.0 Å². The lowest BCUT2D eigenvalue weighted by Gasteiger charge is -2.18. The van der Waals surface area contributed by atoms with E-state index in [0.29, 0.717) is 0 Å². The lowest BCUT2D eigenvalue weighted by Crippen LogP contribution is -2.26. The van der Waals surface area contributed by atoms with Crippen LogP contribution < -0.4 is 14.8 Å². The van der Waals surface area contributed by atoms with Gasteiger partial charge < -0.3 is 14.8 Å². The predicted octanol–water partition coefficient (Wildman–Crippen LogP) is 2.53. The van der Waals surface area contributed by atoms with Crippen LogP contribution >= 0.6 is 0 Å². The predicted molar refractivity (Wildman–Crippen MR) is 86.1 cm³/mol. The minimum absolute atomic E-state index is 0.779. The monoisotopic (exact) mass is 292 g/mol. The van der Waals surface area contributed by atoms with Crippen molar-refractivity contribution in [1.82, 2.24) is 10.2 Å². The zero-order valence-corrected chi connectivity index (χ0v) is 13.5. The Morgan fingerprint density at radius 3 is 2.86 bits per heavy atom. The van der Waals surface area contributed by atoms with Crippen molar-refractivity contribution >= 4 is 0 Å². The molecule has 1 unspecified atom stereocenters. The van der Waals surface area contributed by atoms with E-state index in [1.54, 1.807) is 14.2 Å². The summed E-state index contributed by atoms with van der Waals surface area (Å²) in [6.07, 6.45) is 2.49. The largest absolute Gasteiger partial charge is 0.497 e. The Hall–Kier alpha value is -1.26. The normalized spacial score (nSPS) is 18.9. The third-order valence-electron chi connectivity index (χ3n) is 4.12. The second-order valence-corrected chi connectivity index (χ2v) is 5.77. The molecule has 0 spiro atoms. The number of hydrogen-bond acceptors (Lipinski definition) is 4. The molecular weight excluding hydrogens is 264 g/mol. The molecule has 0 radical (unpaired) electrons. The standard InChI is InChI=1S/C17H28N2O2/c1-4-8-18-11-14-7-9-19(12-14)13-15-5-6-16(20-2)10-17(15)21-3/h5-6,10,14,18H,4,7-9,11-13H2,1-3H3. The quantitative estimate of drug-likeness (QED) is 0.747. The first-order valence-corrected chi connectivity index (χ1v) is 7.90. The maximum absolute atomic E-state index is 5.49. The average Bonchev–Trinajstić information content (AvgIpc) is 2.95. The molecular formula is C17H28N2O2. The van der Waals surface area contributed by atoms with Gasteiger partial charge >= 0.3 is 0 Å². The summed E-state index contributed by atoms with van der Waals surface area (Å²) in [5.74, 6) is 2.54. The Labute approximate surface area is 128 Å². The van der Waals surface area contributed by atoms with Gasteiger partial charge in [-0.05, 0) is 44.5 Å². The summed E-state index contributed by atoms with van der Waals surface area (Å²) in [6, 6.07) is 6.08. The summed E-state index contributed by atoms with van der Waals surface area (Å²) in [5, 5.41) is 3.53. The van der Waals surface area contributed by atoms with Crippen molar-refractivity contribution in [3.8, 4) is 11.5 Å². The van der Waals surface area contributed by atoms with E-state index >= 15 is 0 Å². The van der Waals surface area contributed by atoms with Crippen molar-refractivity contribution in [2.75, 3.05) is 40.4 Å². The molecule has 1 fully saturated rings. The number of nitrogens with one attached hydrogen (secondary N) is 1. The Morgan fingerprint density at radius 1 is 1.29 bits per heavy atom. The summed E-state index contributed by atoms with van der Waals surface area (Å²) in [5.41, 5.74) is 1.24. The third-order valence-corrected chi connectivity index (χ3v) is 4.12. The minimum Gasteiger partial charge on any atom is -0.497 e. The summed E-state index contributed by atoms with van der Waals surface area (Å²) in [6.45, 7) is 7.79. The number of ether oxygens (including phenoxy) is 2. The smallest absolute Gasteiger partial charge is 0.127 e. The van der Waals surface area contributed by atoms with E-state index in [9.17, 15) is 0 Å². The maximum atomic E-state index is 5.49. The molecule has 1 heterocycles. The summed E-state index contributed by atoms with van der Waals surface area (Å²) in [4.78, 5) is 2.52. The SMILES string of the molecule is CCCNCC1CCN(Cc2ccc(OC)cc2OC)C1. The van der Waals surface area contributed by atoms with Crippen molar-refractivity contribution in [2.45, 2.75) is 26.3 Å². The van der Waals surface area contributed by atoms with Gasteiger partial charge in [0.25, 0.3) is 0 Å². The number of nitrogens with zero attached hydrogens (tertiary/aromatic N) is 1. The molecule has 1 saturated heterocycles. The lowest BCUT2D eigenvalue weighted by atomic mass is 10.1. The molecule has 4 heteroatoms. The molecule has 2 rings (SSSR count). The number of benzene rings is 1. The molecule has 1 aromatic carbocycles. The molecule has 0 aliphatic carbocycles. The van der Waals surface area contributed by atoms with Crippen LogP contribution in [0, 0.1) is 5.92 Å². The van der Waals surface area contributed by atoms with Gasteiger partial charge in [-0.15, -0.1) is 0 Å². The zero-order valence-electron chi connectivity index (χ0n) is 13.5. The van der Waals surface area contributed by atoms with Crippen LogP contribution in [0.4, 0.5) is 0 Å². The molecule has 1 atom stereocenters. The second kappa shape index (κ2) is 8.25. The van der Waals surface area contributed by atoms with Crippen LogP contribution in [-0.4, -0.2) is 45.3 Å². The number of likely N-dealkylation sites (tertiary alicyclic amines) is 1. The fourth-order valence-electron chi connectivity index (χ4n) is 2.93. The van der Waals surface area contributed by atoms with Crippen molar-refractivity contribution in [3.05, 3.63) is 23.8 Å². The van der Waals surface area contributed by atoms with Crippen LogP contribution in [-0.2, 0) is 6.54 Å². The Morgan fingerprint density at radius 2 is 2.14 bits per heavy atom. The van der Waals surface area contributed by atoms with E-state index in [1.807, 2.05) is 12.1 Å². The van der Waals surface area contributed by atoms with Crippen molar-refractivity contribution in [2.24, 2.45) is 5.92 Å². The van der Waals surface area contributed by atoms with Crippen LogP contribution in [0.5, 0.6) is 11.5 Å². The fourth-order valence-corrected chi connectivity index (χ4v) is 2.93.